The number of likely N-dealkylation sites (tertiary alicyclic amines) is 1. The molecule has 3 heterocycles. The maximum absolute atomic E-state index is 5.33. The van der Waals surface area contributed by atoms with Crippen LogP contribution in [0.15, 0.2) is 52.1 Å². The molecule has 0 atom stereocenters. The predicted molar refractivity (Wildman–Crippen MR) is 122 cm³/mol. The maximum Gasteiger partial charge on any atom is 0.216 e. The Hall–Kier alpha value is -3.13. The molecule has 164 valence electrons. The molecule has 0 radical (unpaired) electrons. The zero-order valence-electron chi connectivity index (χ0n) is 18.3. The van der Waals surface area contributed by atoms with E-state index in [4.69, 9.17) is 4.42 Å². The molecule has 0 unspecified atom stereocenters. The molecule has 0 aliphatic carbocycles. The van der Waals surface area contributed by atoms with Crippen molar-refractivity contribution < 1.29 is 4.42 Å². The SMILES string of the molecule is CN=C(NCCc1nc(-c2ccco2)n[nH]1)NC1CCN(Cc2ccccc2C)CC1. The summed E-state index contributed by atoms with van der Waals surface area (Å²) in [6, 6.07) is 12.8. The number of furan rings is 1. The third kappa shape index (κ3) is 5.73. The van der Waals surface area contributed by atoms with Crippen LogP contribution in [0.4, 0.5) is 0 Å². The Morgan fingerprint density at radius 3 is 2.81 bits per heavy atom. The first kappa shape index (κ1) is 21.1. The monoisotopic (exact) mass is 421 g/mol. The zero-order valence-corrected chi connectivity index (χ0v) is 18.3. The third-order valence-electron chi connectivity index (χ3n) is 5.73. The molecule has 4 rings (SSSR count). The van der Waals surface area contributed by atoms with Gasteiger partial charge < -0.3 is 15.1 Å². The van der Waals surface area contributed by atoms with Crippen LogP contribution in [0.2, 0.25) is 0 Å². The van der Waals surface area contributed by atoms with Gasteiger partial charge in [0.05, 0.1) is 6.26 Å². The second-order valence-electron chi connectivity index (χ2n) is 7.95. The van der Waals surface area contributed by atoms with E-state index in [2.05, 4.69) is 66.9 Å². The first-order valence-corrected chi connectivity index (χ1v) is 10.9. The molecule has 1 saturated heterocycles. The minimum absolute atomic E-state index is 0.440. The quantitative estimate of drug-likeness (QED) is 0.401. The smallest absolute Gasteiger partial charge is 0.216 e. The fourth-order valence-corrected chi connectivity index (χ4v) is 3.87. The van der Waals surface area contributed by atoms with E-state index in [1.165, 1.54) is 11.1 Å². The van der Waals surface area contributed by atoms with E-state index in [0.29, 0.717) is 17.6 Å². The highest BCUT2D eigenvalue weighted by Crippen LogP contribution is 2.16. The molecule has 1 fully saturated rings. The van der Waals surface area contributed by atoms with Gasteiger partial charge in [-0.1, -0.05) is 24.3 Å². The molecule has 1 aliphatic heterocycles. The first-order valence-electron chi connectivity index (χ1n) is 10.9. The summed E-state index contributed by atoms with van der Waals surface area (Å²) < 4.78 is 5.33. The van der Waals surface area contributed by atoms with Crippen molar-refractivity contribution >= 4 is 5.96 Å². The summed E-state index contributed by atoms with van der Waals surface area (Å²) in [5.41, 5.74) is 2.80. The van der Waals surface area contributed by atoms with Gasteiger partial charge >= 0.3 is 0 Å². The zero-order chi connectivity index (χ0) is 21.5. The number of benzene rings is 1. The van der Waals surface area contributed by atoms with E-state index >= 15 is 0 Å². The Morgan fingerprint density at radius 1 is 1.23 bits per heavy atom. The summed E-state index contributed by atoms with van der Waals surface area (Å²) in [5.74, 6) is 2.91. The lowest BCUT2D eigenvalue weighted by atomic mass is 10.0. The summed E-state index contributed by atoms with van der Waals surface area (Å²) in [7, 11) is 1.81. The summed E-state index contributed by atoms with van der Waals surface area (Å²) in [5, 5.41) is 14.1. The third-order valence-corrected chi connectivity index (χ3v) is 5.73. The average Bonchev–Trinajstić information content (AvgIpc) is 3.48. The number of H-pyrrole nitrogens is 1. The molecule has 0 saturated carbocycles. The number of aryl methyl sites for hydroxylation is 1. The Labute approximate surface area is 183 Å². The Balaban J connectivity index is 1.18. The summed E-state index contributed by atoms with van der Waals surface area (Å²) in [6.07, 6.45) is 4.57. The summed E-state index contributed by atoms with van der Waals surface area (Å²) >= 11 is 0. The molecule has 1 aliphatic rings. The van der Waals surface area contributed by atoms with Crippen LogP contribution in [0.3, 0.4) is 0 Å². The second-order valence-corrected chi connectivity index (χ2v) is 7.95. The van der Waals surface area contributed by atoms with Crippen LogP contribution in [-0.4, -0.2) is 58.8 Å². The first-order chi connectivity index (χ1) is 15.2. The van der Waals surface area contributed by atoms with Crippen LogP contribution in [0.25, 0.3) is 11.6 Å². The number of nitrogens with zero attached hydrogens (tertiary/aromatic N) is 4. The van der Waals surface area contributed by atoms with Crippen LogP contribution in [0, 0.1) is 6.92 Å². The van der Waals surface area contributed by atoms with E-state index in [1.54, 1.807) is 6.26 Å². The number of hydrogen-bond acceptors (Lipinski definition) is 5. The molecule has 8 nitrogen and oxygen atoms in total. The largest absolute Gasteiger partial charge is 0.461 e. The molecular formula is C23H31N7O. The lowest BCUT2D eigenvalue weighted by Gasteiger charge is -2.33. The highest BCUT2D eigenvalue weighted by molar-refractivity contribution is 5.79. The molecular weight excluding hydrogens is 390 g/mol. The molecule has 3 N–H and O–H groups in total. The molecule has 0 amide bonds. The Kier molecular flexibility index (Phi) is 6.99. The van der Waals surface area contributed by atoms with Crippen LogP contribution in [-0.2, 0) is 13.0 Å². The topological polar surface area (TPSA) is 94.4 Å². The maximum atomic E-state index is 5.33. The predicted octanol–water partition coefficient (Wildman–Crippen LogP) is 2.75. The molecule has 2 aromatic heterocycles. The van der Waals surface area contributed by atoms with E-state index in [1.807, 2.05) is 19.2 Å². The van der Waals surface area contributed by atoms with Gasteiger partial charge in [-0.15, -0.1) is 0 Å². The van der Waals surface area contributed by atoms with Crippen LogP contribution < -0.4 is 10.6 Å². The van der Waals surface area contributed by atoms with Gasteiger partial charge in [-0.2, -0.15) is 5.10 Å². The fraction of sp³-hybridized carbons (Fsp3) is 0.435. The van der Waals surface area contributed by atoms with Crippen molar-refractivity contribution in [3.63, 3.8) is 0 Å². The van der Waals surface area contributed by atoms with E-state index < -0.39 is 0 Å². The normalized spacial score (nSPS) is 15.9. The van der Waals surface area contributed by atoms with Gasteiger partial charge in [-0.25, -0.2) is 4.98 Å². The minimum Gasteiger partial charge on any atom is -0.461 e. The molecule has 0 spiro atoms. The Bertz CT molecular complexity index is 971. The van der Waals surface area contributed by atoms with Crippen LogP contribution in [0.5, 0.6) is 0 Å². The van der Waals surface area contributed by atoms with Gasteiger partial charge in [-0.3, -0.25) is 15.0 Å². The number of aromatic amines is 1. The van der Waals surface area contributed by atoms with Gasteiger partial charge in [0.25, 0.3) is 0 Å². The number of guanidine groups is 1. The second kappa shape index (κ2) is 10.3. The van der Waals surface area contributed by atoms with Crippen molar-refractivity contribution in [2.75, 3.05) is 26.7 Å². The van der Waals surface area contributed by atoms with E-state index in [-0.39, 0.29) is 0 Å². The number of aliphatic imine (C=N–C) groups is 1. The van der Waals surface area contributed by atoms with Crippen LogP contribution >= 0.6 is 0 Å². The van der Waals surface area contributed by atoms with Gasteiger partial charge in [0.15, 0.2) is 11.7 Å². The standard InChI is InChI=1S/C23H31N7O/c1-17-6-3-4-7-18(17)16-30-13-10-19(11-14-30)26-23(24-2)25-12-9-21-27-22(29-28-21)20-8-5-15-31-20/h3-8,15,19H,9-14,16H2,1-2H3,(H2,24,25,26)(H,27,28,29). The molecule has 3 aromatic rings. The van der Waals surface area contributed by atoms with Crippen molar-refractivity contribution in [2.24, 2.45) is 4.99 Å². The van der Waals surface area contributed by atoms with Crippen molar-refractivity contribution in [1.82, 2.24) is 30.7 Å². The fourth-order valence-electron chi connectivity index (χ4n) is 3.87. The molecule has 31 heavy (non-hydrogen) atoms. The number of hydrogen-bond donors (Lipinski definition) is 3. The minimum atomic E-state index is 0.440. The van der Waals surface area contributed by atoms with Crippen molar-refractivity contribution in [3.8, 4) is 11.6 Å². The lowest BCUT2D eigenvalue weighted by Crippen LogP contribution is -2.48. The van der Waals surface area contributed by atoms with Gasteiger partial charge in [0, 0.05) is 45.7 Å². The van der Waals surface area contributed by atoms with Gasteiger partial charge in [0.2, 0.25) is 5.82 Å². The molecule has 1 aromatic carbocycles. The highest BCUT2D eigenvalue weighted by Gasteiger charge is 2.20. The molecule has 8 heteroatoms. The highest BCUT2D eigenvalue weighted by atomic mass is 16.3. The van der Waals surface area contributed by atoms with E-state index in [9.17, 15) is 0 Å². The van der Waals surface area contributed by atoms with Gasteiger partial charge in [0.1, 0.15) is 5.82 Å². The number of rotatable bonds is 7. The number of nitrogens with one attached hydrogen (secondary N) is 3. The number of piperidine rings is 1. The van der Waals surface area contributed by atoms with Crippen molar-refractivity contribution in [2.45, 2.75) is 38.8 Å². The number of aromatic nitrogens is 3. The van der Waals surface area contributed by atoms with E-state index in [0.717, 1.165) is 57.2 Å². The van der Waals surface area contributed by atoms with Crippen molar-refractivity contribution in [3.05, 3.63) is 59.6 Å². The van der Waals surface area contributed by atoms with Crippen LogP contribution in [0.1, 0.15) is 29.8 Å². The Morgan fingerprint density at radius 2 is 2.06 bits per heavy atom. The summed E-state index contributed by atoms with van der Waals surface area (Å²) in [6.45, 7) is 6.13. The van der Waals surface area contributed by atoms with Gasteiger partial charge in [-0.05, 0) is 43.0 Å². The average molecular weight is 422 g/mol. The van der Waals surface area contributed by atoms with Crippen molar-refractivity contribution in [1.29, 1.82) is 0 Å². The molecule has 0 bridgehead atoms. The summed E-state index contributed by atoms with van der Waals surface area (Å²) in [4.78, 5) is 11.4. The lowest BCUT2D eigenvalue weighted by molar-refractivity contribution is 0.198.